The monoisotopic (exact) mass is 1050 g/mol. The molecule has 2 aliphatic carbocycles. The average Bonchev–Trinajstić information content (AvgIpc) is 4.24. The Bertz CT molecular complexity index is 3210. The number of phenolic OH excluding ortho intramolecular Hbond substituents is 3. The molecule has 0 radical (unpaired) electrons. The van der Waals surface area contributed by atoms with Crippen LogP contribution in [0.2, 0.25) is 0 Å². The minimum atomic E-state index is -1.64. The molecule has 76 heavy (non-hydrogen) atoms. The number of aliphatic hydroxyl groups is 2. The number of nitrogens with zero attached hydrogens (tertiary/aromatic N) is 5. The van der Waals surface area contributed by atoms with Gasteiger partial charge in [-0.15, -0.1) is 0 Å². The molecular weight excluding hydrogens is 988 g/mol. The van der Waals surface area contributed by atoms with Gasteiger partial charge in [0, 0.05) is 86.0 Å². The van der Waals surface area contributed by atoms with E-state index in [4.69, 9.17) is 14.2 Å². The molecule has 1 amide bonds. The van der Waals surface area contributed by atoms with Crippen LogP contribution >= 0.6 is 0 Å². The van der Waals surface area contributed by atoms with Gasteiger partial charge in [0.25, 0.3) is 5.91 Å². The predicted octanol–water partition coefficient (Wildman–Crippen LogP) is 6.00. The Hall–Kier alpha value is -7.36. The van der Waals surface area contributed by atoms with Crippen LogP contribution in [-0.2, 0) is 30.2 Å². The maximum Gasteiger partial charge on any atom is 0.341 e. The highest BCUT2D eigenvalue weighted by Crippen LogP contribution is 2.53. The standard InChI is InChI=1S/C55H65FN6O14/c1-25-11-10-12-26(2)53(71)58-42-35(23-57-61-18-16-60(17-19-61)52-37(56)21-33-46(67)36(54(72)73)24-62(32-13-14-32)51(33)59-52)47(68)40-39-34(27(3)45(66)41(40)48(42)69)22-55(8,50(39)70)75-20-15-38(74-9)28(4)49(76-31(7)63)30(6)44(65)29(5)43(25)64/h10-12,15,20-21,23-25,28-30,32,38,43-44,49,64-66,68-69H,13-14,16-19,22H2,1-9H3,(H,58,71)(H,72,73)/t25-,28+,29+,30+,38-,43-,44+,49+,55-/m0/s1. The number of carboxylic acid groups (broad SMARTS) is 1. The number of ketones is 1. The first-order valence-corrected chi connectivity index (χ1v) is 25.3. The van der Waals surface area contributed by atoms with E-state index in [1.54, 1.807) is 61.2 Å². The fourth-order valence-electron chi connectivity index (χ4n) is 10.7. The van der Waals surface area contributed by atoms with Gasteiger partial charge in [-0.05, 0) is 56.9 Å². The van der Waals surface area contributed by atoms with Crippen molar-refractivity contribution in [1.82, 2.24) is 14.6 Å². The van der Waals surface area contributed by atoms with Crippen molar-refractivity contribution < 1.29 is 68.4 Å². The third-order valence-corrected chi connectivity index (χ3v) is 15.6. The molecule has 21 heteroatoms. The van der Waals surface area contributed by atoms with Crippen LogP contribution < -0.4 is 15.6 Å². The number of aliphatic hydroxyl groups excluding tert-OH is 2. The minimum Gasteiger partial charge on any atom is -0.507 e. The van der Waals surface area contributed by atoms with Crippen LogP contribution in [0.3, 0.4) is 0 Å². The number of hydrogen-bond acceptors (Lipinski definition) is 17. The molecule has 3 aliphatic heterocycles. The number of aromatic carboxylic acids is 1. The topological polar surface area (TPSA) is 283 Å². The Balaban J connectivity index is 1.18. The molecule has 2 aromatic carbocycles. The number of esters is 1. The van der Waals surface area contributed by atoms with Gasteiger partial charge >= 0.3 is 11.9 Å². The van der Waals surface area contributed by atoms with Gasteiger partial charge in [0.05, 0.1) is 65.9 Å². The normalized spacial score (nSPS) is 26.9. The Morgan fingerprint density at radius 1 is 0.947 bits per heavy atom. The number of Topliss-reactive ketones (excluding diaryl/α,β-unsaturated/α-hetero) is 1. The van der Waals surface area contributed by atoms with Gasteiger partial charge in [-0.25, -0.2) is 14.2 Å². The number of hydrogen-bond donors (Lipinski definition) is 7. The molecule has 5 aliphatic rings. The fourth-order valence-corrected chi connectivity index (χ4v) is 10.7. The number of carbonyl (C=O) groups excluding carboxylic acids is 3. The molecule has 0 spiro atoms. The van der Waals surface area contributed by atoms with Crippen molar-refractivity contribution >= 4 is 63.2 Å². The summed E-state index contributed by atoms with van der Waals surface area (Å²) in [6.07, 6.45) is 7.32. The predicted molar refractivity (Wildman–Crippen MR) is 279 cm³/mol. The first-order chi connectivity index (χ1) is 35.9. The van der Waals surface area contributed by atoms with E-state index < -0.39 is 111 Å². The number of amides is 1. The number of methoxy groups -OCH3 is 1. The van der Waals surface area contributed by atoms with Crippen LogP contribution in [0, 0.1) is 36.4 Å². The van der Waals surface area contributed by atoms with Gasteiger partial charge < -0.3 is 59.6 Å². The number of allylic oxidation sites excluding steroid dienone is 2. The number of carboxylic acids is 1. The maximum atomic E-state index is 15.8. The molecule has 5 bridgehead atoms. The molecule has 2 fully saturated rings. The number of piperazine rings is 1. The zero-order valence-electron chi connectivity index (χ0n) is 43.8. The number of benzene rings is 2. The van der Waals surface area contributed by atoms with E-state index in [-0.39, 0.29) is 94.2 Å². The molecule has 0 unspecified atom stereocenters. The van der Waals surface area contributed by atoms with Crippen LogP contribution in [0.25, 0.3) is 21.8 Å². The zero-order valence-corrected chi connectivity index (χ0v) is 43.8. The van der Waals surface area contributed by atoms with Crippen LogP contribution in [-0.4, -0.2) is 138 Å². The number of ether oxygens (including phenoxy) is 3. The van der Waals surface area contributed by atoms with Crippen LogP contribution in [0.1, 0.15) is 105 Å². The van der Waals surface area contributed by atoms with E-state index in [2.05, 4.69) is 15.4 Å². The largest absolute Gasteiger partial charge is 0.507 e. The molecule has 9 rings (SSSR count). The lowest BCUT2D eigenvalue weighted by molar-refractivity contribution is -0.160. The van der Waals surface area contributed by atoms with Gasteiger partial charge in [0.1, 0.15) is 28.8 Å². The van der Waals surface area contributed by atoms with Crippen LogP contribution in [0.5, 0.6) is 17.2 Å². The third kappa shape index (κ3) is 10.1. The van der Waals surface area contributed by atoms with Gasteiger partial charge in [-0.2, -0.15) is 5.10 Å². The second-order valence-electron chi connectivity index (χ2n) is 20.8. The van der Waals surface area contributed by atoms with E-state index >= 15 is 4.39 Å². The van der Waals surface area contributed by atoms with Crippen molar-refractivity contribution in [3.63, 3.8) is 0 Å². The number of nitrogens with one attached hydrogen (secondary N) is 1. The molecule has 1 saturated carbocycles. The number of carbonyl (C=O) groups is 4. The van der Waals surface area contributed by atoms with E-state index in [0.29, 0.717) is 5.56 Å². The van der Waals surface area contributed by atoms with E-state index in [1.807, 2.05) is 0 Å². The van der Waals surface area contributed by atoms with Crippen molar-refractivity contribution in [2.24, 2.45) is 28.8 Å². The summed E-state index contributed by atoms with van der Waals surface area (Å²) in [6.45, 7) is 13.3. The summed E-state index contributed by atoms with van der Waals surface area (Å²) >= 11 is 0. The highest BCUT2D eigenvalue weighted by Gasteiger charge is 2.47. The molecule has 406 valence electrons. The second kappa shape index (κ2) is 21.3. The Morgan fingerprint density at radius 2 is 1.63 bits per heavy atom. The molecule has 20 nitrogen and oxygen atoms in total. The number of anilines is 2. The summed E-state index contributed by atoms with van der Waals surface area (Å²) in [5.74, 6) is -8.64. The van der Waals surface area contributed by atoms with Crippen LogP contribution in [0.4, 0.5) is 15.9 Å². The molecule has 5 heterocycles. The number of halogens is 1. The molecule has 9 atom stereocenters. The first-order valence-electron chi connectivity index (χ1n) is 25.3. The first kappa shape index (κ1) is 54.9. The van der Waals surface area contributed by atoms with Crippen molar-refractivity contribution in [2.75, 3.05) is 43.5 Å². The van der Waals surface area contributed by atoms with Crippen molar-refractivity contribution in [2.45, 2.75) is 111 Å². The number of pyridine rings is 2. The number of aromatic hydroxyl groups is 3. The average molecular weight is 1050 g/mol. The SMILES string of the molecule is CO[C@H]1C=CO[C@@]2(C)Cc3c(C)c(O)c4c(O)c(c(C=NN5CCN(c6nc7c(cc6F)c(=O)c(C(=O)O)cn7C6CC6)CC5)c(O)c4c3C2=O)NC(=O)C(C)=CC=C[C@H](C)[C@H](O)[C@@H](C)[C@@H](O)[C@@H](C)[C@H](OC(C)=O)[C@@H]1C. The van der Waals surface area contributed by atoms with E-state index in [1.165, 1.54) is 58.7 Å². The Labute approximate surface area is 437 Å². The van der Waals surface area contributed by atoms with Crippen LogP contribution in [0.15, 0.2) is 58.3 Å². The summed E-state index contributed by atoms with van der Waals surface area (Å²) in [4.78, 5) is 72.5. The Morgan fingerprint density at radius 3 is 2.26 bits per heavy atom. The van der Waals surface area contributed by atoms with Gasteiger partial charge in [-0.3, -0.25) is 24.2 Å². The van der Waals surface area contributed by atoms with Gasteiger partial charge in [0.15, 0.2) is 23.0 Å². The Kier molecular flexibility index (Phi) is 15.4. The number of phenols is 3. The zero-order chi connectivity index (χ0) is 55.4. The maximum absolute atomic E-state index is 15.8. The lowest BCUT2D eigenvalue weighted by Crippen LogP contribution is -2.46. The summed E-state index contributed by atoms with van der Waals surface area (Å²) in [5, 5.41) is 77.4. The number of hydrazone groups is 1. The summed E-state index contributed by atoms with van der Waals surface area (Å²) in [5.41, 5.74) is -2.80. The van der Waals surface area contributed by atoms with Crippen molar-refractivity contribution in [3.05, 3.63) is 92.3 Å². The van der Waals surface area contributed by atoms with E-state index in [9.17, 15) is 54.6 Å². The lowest BCUT2D eigenvalue weighted by atomic mass is 9.78. The lowest BCUT2D eigenvalue weighted by Gasteiger charge is -2.38. The van der Waals surface area contributed by atoms with Crippen molar-refractivity contribution in [3.8, 4) is 17.2 Å². The quantitative estimate of drug-likeness (QED) is 0.0484. The molecule has 7 N–H and O–H groups in total. The fraction of sp³-hybridized carbons (Fsp3) is 0.473. The molecule has 1 saturated heterocycles. The number of fused-ring (bicyclic) bond motifs is 15. The van der Waals surface area contributed by atoms with Crippen molar-refractivity contribution in [1.29, 1.82) is 0 Å². The summed E-state index contributed by atoms with van der Waals surface area (Å²) in [7, 11) is 1.44. The highest BCUT2D eigenvalue weighted by atomic mass is 19.1. The van der Waals surface area contributed by atoms with Gasteiger partial charge in [-0.1, -0.05) is 45.9 Å². The second-order valence-corrected chi connectivity index (χ2v) is 20.8. The van der Waals surface area contributed by atoms with E-state index in [0.717, 1.165) is 18.9 Å². The number of aromatic nitrogens is 2. The van der Waals surface area contributed by atoms with Gasteiger partial charge in [0.2, 0.25) is 11.2 Å². The summed E-state index contributed by atoms with van der Waals surface area (Å²) in [6, 6.07) is 0.929. The molecule has 4 aromatic rings. The minimum absolute atomic E-state index is 0.0442. The number of rotatable bonds is 7. The highest BCUT2D eigenvalue weighted by molar-refractivity contribution is 6.23. The summed E-state index contributed by atoms with van der Waals surface area (Å²) < 4.78 is 35.3. The molecular formula is C55H65FN6O14. The third-order valence-electron chi connectivity index (χ3n) is 15.6. The smallest absolute Gasteiger partial charge is 0.341 e. The molecule has 2 aromatic heterocycles.